The monoisotopic (exact) mass is 282 g/mol. The van der Waals surface area contributed by atoms with Crippen LogP contribution in [-0.2, 0) is 9.53 Å². The van der Waals surface area contributed by atoms with E-state index in [0.717, 1.165) is 0 Å². The lowest BCUT2D eigenvalue weighted by Crippen LogP contribution is -2.21. The molecule has 0 aliphatic heterocycles. The molecule has 3 nitrogen and oxygen atoms in total. The van der Waals surface area contributed by atoms with Gasteiger partial charge in [0.1, 0.15) is 0 Å². The number of alkyl halides is 1. The van der Waals surface area contributed by atoms with Gasteiger partial charge in [-0.15, -0.1) is 0 Å². The van der Waals surface area contributed by atoms with Gasteiger partial charge in [-0.05, 0) is 22.9 Å². The normalized spacial score (nSPS) is 11.6. The number of ketones is 1. The van der Waals surface area contributed by atoms with Crippen molar-refractivity contribution in [2.24, 2.45) is 0 Å². The SMILES string of the molecule is C=C(C)C(=O)OC(Br)C(=O)c1ccccc1. The summed E-state index contributed by atoms with van der Waals surface area (Å²) >= 11 is 3.02. The van der Waals surface area contributed by atoms with Crippen LogP contribution in [0.3, 0.4) is 0 Å². The average Bonchev–Trinajstić information content (AvgIpc) is 2.28. The molecule has 0 radical (unpaired) electrons. The van der Waals surface area contributed by atoms with E-state index in [1.54, 1.807) is 30.3 Å². The van der Waals surface area contributed by atoms with Crippen LogP contribution in [0.15, 0.2) is 42.5 Å². The zero-order chi connectivity index (χ0) is 12.1. The molecule has 84 valence electrons. The van der Waals surface area contributed by atoms with Crippen LogP contribution in [0.25, 0.3) is 0 Å². The molecular formula is C12H11BrO3. The highest BCUT2D eigenvalue weighted by Gasteiger charge is 2.20. The van der Waals surface area contributed by atoms with E-state index in [4.69, 9.17) is 4.74 Å². The van der Waals surface area contributed by atoms with Crippen LogP contribution in [0.5, 0.6) is 0 Å². The van der Waals surface area contributed by atoms with Crippen molar-refractivity contribution in [1.82, 2.24) is 0 Å². The van der Waals surface area contributed by atoms with E-state index in [1.165, 1.54) is 6.92 Å². The van der Waals surface area contributed by atoms with Crippen LogP contribution in [-0.4, -0.2) is 16.8 Å². The molecule has 1 unspecified atom stereocenters. The molecule has 0 saturated heterocycles. The Morgan fingerprint density at radius 3 is 2.38 bits per heavy atom. The summed E-state index contributed by atoms with van der Waals surface area (Å²) in [6, 6.07) is 8.61. The highest BCUT2D eigenvalue weighted by atomic mass is 79.9. The first-order valence-electron chi connectivity index (χ1n) is 4.62. The van der Waals surface area contributed by atoms with Crippen molar-refractivity contribution >= 4 is 27.7 Å². The molecule has 1 rings (SSSR count). The second kappa shape index (κ2) is 5.61. The van der Waals surface area contributed by atoms with Gasteiger partial charge in [0, 0.05) is 11.1 Å². The first-order chi connectivity index (χ1) is 7.52. The Hall–Kier alpha value is -1.42. The summed E-state index contributed by atoms with van der Waals surface area (Å²) in [7, 11) is 0. The van der Waals surface area contributed by atoms with Crippen LogP contribution in [0, 0.1) is 0 Å². The van der Waals surface area contributed by atoms with Gasteiger partial charge >= 0.3 is 5.97 Å². The lowest BCUT2D eigenvalue weighted by Gasteiger charge is -2.10. The Bertz CT molecular complexity index is 412. The van der Waals surface area contributed by atoms with Crippen molar-refractivity contribution in [3.8, 4) is 0 Å². The van der Waals surface area contributed by atoms with E-state index in [1.807, 2.05) is 0 Å². The van der Waals surface area contributed by atoms with Gasteiger partial charge in [0.25, 0.3) is 0 Å². The lowest BCUT2D eigenvalue weighted by molar-refractivity contribution is -0.138. The summed E-state index contributed by atoms with van der Waals surface area (Å²) in [5.41, 5.74) is 0.740. The fraction of sp³-hybridized carbons (Fsp3) is 0.167. The third kappa shape index (κ3) is 3.31. The van der Waals surface area contributed by atoms with Gasteiger partial charge in [0.15, 0.2) is 0 Å². The maximum Gasteiger partial charge on any atom is 0.334 e. The van der Waals surface area contributed by atoms with Crippen molar-refractivity contribution in [3.63, 3.8) is 0 Å². The first kappa shape index (κ1) is 12.6. The number of hydrogen-bond acceptors (Lipinski definition) is 3. The third-order valence-electron chi connectivity index (χ3n) is 1.82. The largest absolute Gasteiger partial charge is 0.439 e. The van der Waals surface area contributed by atoms with Gasteiger partial charge in [-0.1, -0.05) is 36.9 Å². The number of halogens is 1. The minimum atomic E-state index is -0.973. The smallest absolute Gasteiger partial charge is 0.334 e. The summed E-state index contributed by atoms with van der Waals surface area (Å²) in [6.45, 7) is 4.96. The van der Waals surface area contributed by atoms with Gasteiger partial charge in [-0.2, -0.15) is 0 Å². The van der Waals surface area contributed by atoms with E-state index in [-0.39, 0.29) is 11.4 Å². The number of carbonyl (C=O) groups excluding carboxylic acids is 2. The van der Waals surface area contributed by atoms with E-state index in [0.29, 0.717) is 5.56 Å². The second-order valence-corrected chi connectivity index (χ2v) is 4.06. The van der Waals surface area contributed by atoms with Gasteiger partial charge in [0.2, 0.25) is 10.8 Å². The molecule has 1 aromatic rings. The standard InChI is InChI=1S/C12H11BrO3/c1-8(2)12(15)16-11(13)10(14)9-6-4-3-5-7-9/h3-7,11H,1H2,2H3. The van der Waals surface area contributed by atoms with Crippen LogP contribution in [0.4, 0.5) is 0 Å². The van der Waals surface area contributed by atoms with Crippen LogP contribution in [0.2, 0.25) is 0 Å². The molecule has 1 aromatic carbocycles. The fourth-order valence-corrected chi connectivity index (χ4v) is 1.42. The van der Waals surface area contributed by atoms with E-state index in [2.05, 4.69) is 22.5 Å². The summed E-state index contributed by atoms with van der Waals surface area (Å²) in [5, 5.41) is -0.973. The van der Waals surface area contributed by atoms with Crippen molar-refractivity contribution in [2.45, 2.75) is 11.9 Å². The molecule has 0 bridgehead atoms. The van der Waals surface area contributed by atoms with Crippen molar-refractivity contribution in [1.29, 1.82) is 0 Å². The van der Waals surface area contributed by atoms with Crippen LogP contribution >= 0.6 is 15.9 Å². The van der Waals surface area contributed by atoms with E-state index < -0.39 is 11.0 Å². The van der Waals surface area contributed by atoms with Gasteiger partial charge in [0.05, 0.1) is 0 Å². The number of benzene rings is 1. The minimum Gasteiger partial charge on any atom is -0.439 e. The third-order valence-corrected chi connectivity index (χ3v) is 2.43. The maximum absolute atomic E-state index is 11.7. The lowest BCUT2D eigenvalue weighted by atomic mass is 10.1. The number of Topliss-reactive ketones (excluding diaryl/α,β-unsaturated/α-hetero) is 1. The molecular weight excluding hydrogens is 272 g/mol. The fourth-order valence-electron chi connectivity index (χ4n) is 0.982. The molecule has 0 fully saturated rings. The van der Waals surface area contributed by atoms with Gasteiger partial charge in [-0.3, -0.25) is 4.79 Å². The zero-order valence-corrected chi connectivity index (χ0v) is 10.4. The summed E-state index contributed by atoms with van der Waals surface area (Å²) < 4.78 is 4.86. The Morgan fingerprint density at radius 1 is 1.31 bits per heavy atom. The molecule has 0 amide bonds. The molecule has 1 atom stereocenters. The van der Waals surface area contributed by atoms with Gasteiger partial charge < -0.3 is 4.74 Å². The van der Waals surface area contributed by atoms with Crippen LogP contribution < -0.4 is 0 Å². The number of rotatable bonds is 4. The van der Waals surface area contributed by atoms with Crippen molar-refractivity contribution in [2.75, 3.05) is 0 Å². The molecule has 4 heteroatoms. The predicted molar refractivity (Wildman–Crippen MR) is 64.4 cm³/mol. The zero-order valence-electron chi connectivity index (χ0n) is 8.77. The van der Waals surface area contributed by atoms with Crippen LogP contribution in [0.1, 0.15) is 17.3 Å². The molecule has 16 heavy (non-hydrogen) atoms. The summed E-state index contributed by atoms with van der Waals surface area (Å²) in [4.78, 5) is 22.9. The predicted octanol–water partition coefficient (Wildman–Crippen LogP) is 2.71. The number of hydrogen-bond donors (Lipinski definition) is 0. The Labute approximate surface area is 102 Å². The molecule has 0 spiro atoms. The summed E-state index contributed by atoms with van der Waals surface area (Å²) in [6.07, 6.45) is 0. The topological polar surface area (TPSA) is 43.4 Å². The number of esters is 1. The average molecular weight is 283 g/mol. The van der Waals surface area contributed by atoms with Crippen molar-refractivity contribution in [3.05, 3.63) is 48.0 Å². The maximum atomic E-state index is 11.7. The Kier molecular flexibility index (Phi) is 4.43. The second-order valence-electron chi connectivity index (χ2n) is 3.23. The molecule has 0 aliphatic rings. The minimum absolute atomic E-state index is 0.255. The molecule has 0 aliphatic carbocycles. The van der Waals surface area contributed by atoms with E-state index in [9.17, 15) is 9.59 Å². The van der Waals surface area contributed by atoms with Gasteiger partial charge in [-0.25, -0.2) is 4.79 Å². The molecule has 0 N–H and O–H groups in total. The molecule has 0 heterocycles. The number of carbonyl (C=O) groups is 2. The van der Waals surface area contributed by atoms with Crippen molar-refractivity contribution < 1.29 is 14.3 Å². The quantitative estimate of drug-likeness (QED) is 0.369. The summed E-state index contributed by atoms with van der Waals surface area (Å²) in [5.74, 6) is -0.888. The Balaban J connectivity index is 2.69. The first-order valence-corrected chi connectivity index (χ1v) is 5.53. The highest BCUT2D eigenvalue weighted by molar-refractivity contribution is 9.09. The van der Waals surface area contributed by atoms with E-state index >= 15 is 0 Å². The molecule has 0 saturated carbocycles. The number of ether oxygens (including phenoxy) is 1. The Morgan fingerprint density at radius 2 is 1.88 bits per heavy atom. The molecule has 0 aromatic heterocycles. The highest BCUT2D eigenvalue weighted by Crippen LogP contribution is 2.13.